The molecule has 0 spiro atoms. The third-order valence-corrected chi connectivity index (χ3v) is 3.66. The maximum absolute atomic E-state index is 12.3. The van der Waals surface area contributed by atoms with Crippen LogP contribution in [0.5, 0.6) is 0 Å². The molecule has 0 aromatic rings. The van der Waals surface area contributed by atoms with Crippen LogP contribution in [-0.4, -0.2) is 52.0 Å². The molecule has 2 atom stereocenters. The van der Waals surface area contributed by atoms with E-state index in [1.807, 2.05) is 4.90 Å². The summed E-state index contributed by atoms with van der Waals surface area (Å²) in [6, 6.07) is 0.586. The third-order valence-electron chi connectivity index (χ3n) is 3.66. The van der Waals surface area contributed by atoms with Crippen LogP contribution in [0.4, 0.5) is 0 Å². The molecule has 0 bridgehead atoms. The second kappa shape index (κ2) is 4.82. The van der Waals surface area contributed by atoms with E-state index in [2.05, 4.69) is 39.5 Å². The lowest BCUT2D eigenvalue weighted by Gasteiger charge is -2.50. The van der Waals surface area contributed by atoms with Gasteiger partial charge in [-0.05, 0) is 48.5 Å². The first-order valence-electron chi connectivity index (χ1n) is 6.81. The fraction of sp³-hybridized carbons (Fsp3) is 0.929. The van der Waals surface area contributed by atoms with E-state index < -0.39 is 5.54 Å². The standard InChI is InChI=1S/C14H29N3O/c1-10-9-17(13(3,4)5)11(2)8-16(10)12(18)14(6,7)15/h10-11H,8-9,15H2,1-7H3. The van der Waals surface area contributed by atoms with Crippen molar-refractivity contribution < 1.29 is 4.79 Å². The normalized spacial score (nSPS) is 27.4. The predicted octanol–water partition coefficient (Wildman–Crippen LogP) is 1.44. The number of rotatable bonds is 1. The maximum atomic E-state index is 12.3. The number of carbonyl (C=O) groups is 1. The smallest absolute Gasteiger partial charge is 0.242 e. The van der Waals surface area contributed by atoms with Crippen molar-refractivity contribution in [2.75, 3.05) is 13.1 Å². The summed E-state index contributed by atoms with van der Waals surface area (Å²) in [5, 5.41) is 0. The quantitative estimate of drug-likeness (QED) is 0.771. The summed E-state index contributed by atoms with van der Waals surface area (Å²) in [7, 11) is 0. The topological polar surface area (TPSA) is 49.6 Å². The fourth-order valence-electron chi connectivity index (χ4n) is 2.71. The first-order valence-corrected chi connectivity index (χ1v) is 6.81. The first kappa shape index (κ1) is 15.4. The van der Waals surface area contributed by atoms with Crippen molar-refractivity contribution in [2.45, 2.75) is 71.6 Å². The minimum absolute atomic E-state index is 0.0513. The van der Waals surface area contributed by atoms with E-state index in [0.29, 0.717) is 6.04 Å². The van der Waals surface area contributed by atoms with Crippen LogP contribution in [0.1, 0.15) is 48.5 Å². The van der Waals surface area contributed by atoms with Crippen LogP contribution < -0.4 is 5.73 Å². The Labute approximate surface area is 111 Å². The molecule has 0 saturated carbocycles. The van der Waals surface area contributed by atoms with Crippen molar-refractivity contribution >= 4 is 5.91 Å². The van der Waals surface area contributed by atoms with Crippen molar-refractivity contribution in [2.24, 2.45) is 5.73 Å². The minimum Gasteiger partial charge on any atom is -0.336 e. The molecule has 0 aromatic heterocycles. The lowest BCUT2D eigenvalue weighted by atomic mass is 9.96. The summed E-state index contributed by atoms with van der Waals surface area (Å²) in [4.78, 5) is 16.7. The van der Waals surface area contributed by atoms with E-state index >= 15 is 0 Å². The molecule has 1 aliphatic heterocycles. The largest absolute Gasteiger partial charge is 0.336 e. The zero-order valence-corrected chi connectivity index (χ0v) is 12.9. The first-order chi connectivity index (χ1) is 7.94. The van der Waals surface area contributed by atoms with Crippen LogP contribution in [0, 0.1) is 0 Å². The molecule has 106 valence electrons. The van der Waals surface area contributed by atoms with Gasteiger partial charge in [0.2, 0.25) is 5.91 Å². The van der Waals surface area contributed by atoms with Gasteiger partial charge in [-0.1, -0.05) is 0 Å². The van der Waals surface area contributed by atoms with Crippen molar-refractivity contribution in [3.8, 4) is 0 Å². The Bertz CT molecular complexity index is 314. The van der Waals surface area contributed by atoms with Crippen molar-refractivity contribution in [3.05, 3.63) is 0 Å². The Hall–Kier alpha value is -0.610. The molecule has 0 radical (unpaired) electrons. The Morgan fingerprint density at radius 3 is 1.94 bits per heavy atom. The van der Waals surface area contributed by atoms with Gasteiger partial charge in [0, 0.05) is 30.7 Å². The summed E-state index contributed by atoms with van der Waals surface area (Å²) < 4.78 is 0. The molecule has 1 heterocycles. The SMILES string of the molecule is CC1CN(C(C)(C)C)C(C)CN1C(=O)C(C)(C)N. The number of hydrogen-bond acceptors (Lipinski definition) is 3. The van der Waals surface area contributed by atoms with E-state index in [1.54, 1.807) is 13.8 Å². The highest BCUT2D eigenvalue weighted by Crippen LogP contribution is 2.25. The van der Waals surface area contributed by atoms with Gasteiger partial charge in [0.25, 0.3) is 0 Å². The van der Waals surface area contributed by atoms with Gasteiger partial charge in [-0.2, -0.15) is 0 Å². The van der Waals surface area contributed by atoms with E-state index in [9.17, 15) is 4.79 Å². The molecule has 1 amide bonds. The number of nitrogens with two attached hydrogens (primary N) is 1. The Morgan fingerprint density at radius 2 is 1.56 bits per heavy atom. The Morgan fingerprint density at radius 1 is 1.06 bits per heavy atom. The summed E-state index contributed by atoms with van der Waals surface area (Å²) in [5.41, 5.74) is 5.29. The Kier molecular flexibility index (Phi) is 4.13. The monoisotopic (exact) mass is 255 g/mol. The number of amides is 1. The summed E-state index contributed by atoms with van der Waals surface area (Å²) in [6.45, 7) is 16.2. The molecular weight excluding hydrogens is 226 g/mol. The lowest BCUT2D eigenvalue weighted by Crippen LogP contribution is -2.65. The zero-order chi connectivity index (χ0) is 14.3. The van der Waals surface area contributed by atoms with Crippen molar-refractivity contribution in [1.82, 2.24) is 9.80 Å². The second-order valence-corrected chi connectivity index (χ2v) is 7.20. The fourth-order valence-corrected chi connectivity index (χ4v) is 2.71. The zero-order valence-electron chi connectivity index (χ0n) is 12.9. The van der Waals surface area contributed by atoms with Gasteiger partial charge < -0.3 is 10.6 Å². The lowest BCUT2D eigenvalue weighted by molar-refractivity contribution is -0.143. The van der Waals surface area contributed by atoms with E-state index in [1.165, 1.54) is 0 Å². The highest BCUT2D eigenvalue weighted by molar-refractivity contribution is 5.85. The van der Waals surface area contributed by atoms with E-state index in [-0.39, 0.29) is 17.5 Å². The van der Waals surface area contributed by atoms with Crippen LogP contribution >= 0.6 is 0 Å². The average molecular weight is 255 g/mol. The van der Waals surface area contributed by atoms with Gasteiger partial charge in [0.15, 0.2) is 0 Å². The summed E-state index contributed by atoms with van der Waals surface area (Å²) in [5.74, 6) is 0.0513. The van der Waals surface area contributed by atoms with Gasteiger partial charge in [-0.3, -0.25) is 9.69 Å². The molecule has 0 aromatic carbocycles. The summed E-state index contributed by atoms with van der Waals surface area (Å²) >= 11 is 0. The highest BCUT2D eigenvalue weighted by atomic mass is 16.2. The predicted molar refractivity (Wildman–Crippen MR) is 75.4 cm³/mol. The molecular formula is C14H29N3O. The molecule has 1 saturated heterocycles. The van der Waals surface area contributed by atoms with Crippen LogP contribution in [-0.2, 0) is 4.79 Å². The van der Waals surface area contributed by atoms with Gasteiger partial charge in [-0.25, -0.2) is 0 Å². The van der Waals surface area contributed by atoms with Gasteiger partial charge in [0.1, 0.15) is 0 Å². The molecule has 1 fully saturated rings. The third kappa shape index (κ3) is 3.23. The number of piperazine rings is 1. The molecule has 2 unspecified atom stereocenters. The molecule has 4 heteroatoms. The van der Waals surface area contributed by atoms with Crippen LogP contribution in [0.25, 0.3) is 0 Å². The van der Waals surface area contributed by atoms with E-state index in [4.69, 9.17) is 5.73 Å². The van der Waals surface area contributed by atoms with Crippen LogP contribution in [0.15, 0.2) is 0 Å². The molecule has 2 N–H and O–H groups in total. The van der Waals surface area contributed by atoms with Crippen LogP contribution in [0.2, 0.25) is 0 Å². The molecule has 0 aliphatic carbocycles. The molecule has 1 aliphatic rings. The van der Waals surface area contributed by atoms with Crippen molar-refractivity contribution in [3.63, 3.8) is 0 Å². The average Bonchev–Trinajstić information content (AvgIpc) is 2.16. The molecule has 18 heavy (non-hydrogen) atoms. The second-order valence-electron chi connectivity index (χ2n) is 7.20. The number of hydrogen-bond donors (Lipinski definition) is 1. The maximum Gasteiger partial charge on any atom is 0.242 e. The van der Waals surface area contributed by atoms with Crippen LogP contribution in [0.3, 0.4) is 0 Å². The van der Waals surface area contributed by atoms with Gasteiger partial charge >= 0.3 is 0 Å². The molecule has 4 nitrogen and oxygen atoms in total. The van der Waals surface area contributed by atoms with Gasteiger partial charge in [0.05, 0.1) is 5.54 Å². The number of nitrogens with zero attached hydrogens (tertiary/aromatic N) is 2. The van der Waals surface area contributed by atoms with E-state index in [0.717, 1.165) is 13.1 Å². The highest BCUT2D eigenvalue weighted by Gasteiger charge is 2.39. The minimum atomic E-state index is -0.780. The van der Waals surface area contributed by atoms with Gasteiger partial charge in [-0.15, -0.1) is 0 Å². The summed E-state index contributed by atoms with van der Waals surface area (Å²) in [6.07, 6.45) is 0. The van der Waals surface area contributed by atoms with Crippen molar-refractivity contribution in [1.29, 1.82) is 0 Å². The number of carbonyl (C=O) groups excluding carboxylic acids is 1. The Balaban J connectivity index is 2.84. The molecule has 1 rings (SSSR count).